The number of hydrogen-bond donors (Lipinski definition) is 3. The summed E-state index contributed by atoms with van der Waals surface area (Å²) < 4.78 is 28.1. The highest BCUT2D eigenvalue weighted by molar-refractivity contribution is 8.01. The lowest BCUT2D eigenvalue weighted by molar-refractivity contribution is -0.142. The van der Waals surface area contributed by atoms with E-state index in [1.165, 1.54) is 28.2 Å². The Morgan fingerprint density at radius 2 is 1.81 bits per heavy atom. The third-order valence-corrected chi connectivity index (χ3v) is 10.2. The second kappa shape index (κ2) is 15.5. The highest BCUT2D eigenvalue weighted by Crippen LogP contribution is 2.36. The van der Waals surface area contributed by atoms with E-state index >= 15 is 0 Å². The van der Waals surface area contributed by atoms with Gasteiger partial charge in [0.2, 0.25) is 15.9 Å². The summed E-state index contributed by atoms with van der Waals surface area (Å²) in [7, 11) is -3.98. The number of benzene rings is 2. The summed E-state index contributed by atoms with van der Waals surface area (Å²) in [5.74, 6) is -1.14. The van der Waals surface area contributed by atoms with Crippen LogP contribution >= 0.6 is 11.8 Å². The summed E-state index contributed by atoms with van der Waals surface area (Å²) in [6, 6.07) is 12.5. The van der Waals surface area contributed by atoms with Gasteiger partial charge >= 0.3 is 5.97 Å². The van der Waals surface area contributed by atoms with E-state index < -0.39 is 39.4 Å². The largest absolute Gasteiger partial charge is 0.480 e. The van der Waals surface area contributed by atoms with Crippen molar-refractivity contribution in [3.8, 4) is 6.19 Å². The summed E-state index contributed by atoms with van der Waals surface area (Å²) in [5.41, 5.74) is 1.43. The van der Waals surface area contributed by atoms with Crippen molar-refractivity contribution in [3.63, 3.8) is 0 Å². The van der Waals surface area contributed by atoms with Gasteiger partial charge in [-0.25, -0.2) is 13.2 Å². The van der Waals surface area contributed by atoms with Crippen molar-refractivity contribution in [2.24, 2.45) is 4.99 Å². The zero-order valence-corrected chi connectivity index (χ0v) is 25.2. The second-order valence-corrected chi connectivity index (χ2v) is 12.9. The molecule has 3 N–H and O–H groups in total. The van der Waals surface area contributed by atoms with E-state index in [1.54, 1.807) is 55.6 Å². The van der Waals surface area contributed by atoms with Crippen LogP contribution in [0.5, 0.6) is 0 Å². The van der Waals surface area contributed by atoms with Crippen molar-refractivity contribution >= 4 is 45.3 Å². The molecule has 3 atom stereocenters. The van der Waals surface area contributed by atoms with E-state index in [0.717, 1.165) is 5.56 Å². The molecule has 42 heavy (non-hydrogen) atoms. The summed E-state index contributed by atoms with van der Waals surface area (Å²) in [4.78, 5) is 41.9. The molecule has 224 valence electrons. The maximum absolute atomic E-state index is 13.4. The van der Waals surface area contributed by atoms with E-state index in [2.05, 4.69) is 15.6 Å². The number of carbonyl (C=O) groups is 3. The number of sulfonamides is 1. The van der Waals surface area contributed by atoms with Gasteiger partial charge in [0.15, 0.2) is 6.19 Å². The van der Waals surface area contributed by atoms with Crippen LogP contribution in [0.3, 0.4) is 0 Å². The third kappa shape index (κ3) is 8.88. The van der Waals surface area contributed by atoms with E-state index in [0.29, 0.717) is 37.2 Å². The quantitative estimate of drug-likeness (QED) is 0.0953. The van der Waals surface area contributed by atoms with Crippen LogP contribution in [0.25, 0.3) is 0 Å². The number of aliphatic carboxylic acids is 1. The number of amides is 1. The van der Waals surface area contributed by atoms with Crippen molar-refractivity contribution in [1.82, 2.24) is 14.9 Å². The summed E-state index contributed by atoms with van der Waals surface area (Å²) in [6.45, 7) is 3.95. The maximum Gasteiger partial charge on any atom is 0.326 e. The number of hydrogen-bond acceptors (Lipinski definition) is 8. The smallest absolute Gasteiger partial charge is 0.326 e. The number of Topliss-reactive ketones (excluding diaryl/α,β-unsaturated/α-hetero) is 1. The van der Waals surface area contributed by atoms with Gasteiger partial charge in [-0.3, -0.25) is 19.9 Å². The second-order valence-electron chi connectivity index (χ2n) is 9.80. The number of nitriles is 1. The molecule has 11 nitrogen and oxygen atoms in total. The zero-order valence-electron chi connectivity index (χ0n) is 23.5. The Morgan fingerprint density at radius 3 is 2.43 bits per heavy atom. The third-order valence-electron chi connectivity index (χ3n) is 6.69. The number of aliphatic imine (C=N–C) groups is 1. The number of nitrogens with zero attached hydrogens (tertiary/aromatic N) is 3. The fourth-order valence-corrected chi connectivity index (χ4v) is 8.10. The van der Waals surface area contributed by atoms with Crippen LogP contribution in [0.15, 0.2) is 64.5 Å². The number of nitrogens with one attached hydrogen (secondary N) is 2. The van der Waals surface area contributed by atoms with Crippen molar-refractivity contribution in [1.29, 1.82) is 5.26 Å². The van der Waals surface area contributed by atoms with E-state index in [9.17, 15) is 27.9 Å². The molecule has 0 aliphatic carbocycles. The molecular weight excluding hydrogens is 578 g/mol. The molecule has 0 bridgehead atoms. The SMILES string of the molecule is CCC1SC[C@@H](C(=O)NC(Cc2ccc(CC(=O)CCCN=C(C)NC#N)cc2)C(=O)O)N1S(=O)(=O)c1ccccc1. The molecule has 2 unspecified atom stereocenters. The molecule has 1 heterocycles. The molecule has 13 heteroatoms. The minimum absolute atomic E-state index is 0.00804. The molecule has 1 amide bonds. The first-order chi connectivity index (χ1) is 20.1. The maximum atomic E-state index is 13.4. The van der Waals surface area contributed by atoms with Gasteiger partial charge in [-0.2, -0.15) is 9.57 Å². The number of carbonyl (C=O) groups excluding carboxylic acids is 2. The monoisotopic (exact) mass is 613 g/mol. The van der Waals surface area contributed by atoms with Crippen molar-refractivity contribution in [3.05, 3.63) is 65.7 Å². The number of amidine groups is 1. The lowest BCUT2D eigenvalue weighted by atomic mass is 10.0. The zero-order chi connectivity index (χ0) is 30.7. The minimum atomic E-state index is -3.98. The van der Waals surface area contributed by atoms with Crippen LogP contribution in [-0.4, -0.2) is 71.1 Å². The molecule has 1 aliphatic heterocycles. The summed E-state index contributed by atoms with van der Waals surface area (Å²) >= 11 is 1.35. The topological polar surface area (TPSA) is 169 Å². The first-order valence-electron chi connectivity index (χ1n) is 13.6. The Hall–Kier alpha value is -3.73. The van der Waals surface area contributed by atoms with Gasteiger partial charge in [-0.1, -0.05) is 49.4 Å². The number of ketones is 1. The van der Waals surface area contributed by atoms with Crippen LogP contribution in [0.1, 0.15) is 44.2 Å². The van der Waals surface area contributed by atoms with Crippen LogP contribution in [0.4, 0.5) is 0 Å². The van der Waals surface area contributed by atoms with Gasteiger partial charge in [-0.05, 0) is 43.0 Å². The molecule has 0 saturated carbocycles. The molecule has 1 saturated heterocycles. The van der Waals surface area contributed by atoms with E-state index in [-0.39, 0.29) is 29.3 Å². The van der Waals surface area contributed by atoms with Gasteiger partial charge in [0.05, 0.1) is 10.3 Å². The van der Waals surface area contributed by atoms with Crippen LogP contribution in [-0.2, 0) is 37.2 Å². The summed E-state index contributed by atoms with van der Waals surface area (Å²) in [5, 5.41) is 22.9. The number of rotatable bonds is 14. The predicted molar refractivity (Wildman–Crippen MR) is 160 cm³/mol. The average Bonchev–Trinajstić information content (AvgIpc) is 3.42. The van der Waals surface area contributed by atoms with Gasteiger partial charge in [-0.15, -0.1) is 11.8 Å². The normalized spacial score (nSPS) is 18.2. The standard InChI is InChI=1S/C29H35N5O6S2/c1-3-27-34(42(39,40)24-9-5-4-6-10-24)26(18-41-27)28(36)33-25(29(37)38)17-22-13-11-21(12-14-22)16-23(35)8-7-15-31-20(2)32-19-30/h4-6,9-14,25-27H,3,7-8,15-18H2,1-2H3,(H,31,32)(H,33,36)(H,37,38)/t25?,26-,27?/m0/s1. The molecule has 0 aromatic heterocycles. The molecule has 1 fully saturated rings. The van der Waals surface area contributed by atoms with Crippen LogP contribution < -0.4 is 10.6 Å². The highest BCUT2D eigenvalue weighted by Gasteiger charge is 2.46. The fourth-order valence-electron chi connectivity index (χ4n) is 4.53. The van der Waals surface area contributed by atoms with Gasteiger partial charge in [0.25, 0.3) is 0 Å². The Labute approximate surface area is 250 Å². The predicted octanol–water partition coefficient (Wildman–Crippen LogP) is 2.72. The lowest BCUT2D eigenvalue weighted by Crippen LogP contribution is -2.53. The number of carboxylic acid groups (broad SMARTS) is 1. The summed E-state index contributed by atoms with van der Waals surface area (Å²) in [6.07, 6.45) is 3.39. The van der Waals surface area contributed by atoms with Gasteiger partial charge in [0, 0.05) is 31.6 Å². The first-order valence-corrected chi connectivity index (χ1v) is 16.0. The lowest BCUT2D eigenvalue weighted by Gasteiger charge is -2.28. The Morgan fingerprint density at radius 1 is 1.14 bits per heavy atom. The van der Waals surface area contributed by atoms with Crippen LogP contribution in [0, 0.1) is 11.5 Å². The van der Waals surface area contributed by atoms with Gasteiger partial charge < -0.3 is 10.4 Å². The molecule has 0 radical (unpaired) electrons. The molecule has 1 aliphatic rings. The fraction of sp³-hybridized carbons (Fsp3) is 0.414. The average molecular weight is 614 g/mol. The number of thioether (sulfide) groups is 1. The molecule has 0 spiro atoms. The number of carboxylic acids is 1. The molecule has 2 aromatic carbocycles. The van der Waals surface area contributed by atoms with E-state index in [1.807, 2.05) is 6.92 Å². The van der Waals surface area contributed by atoms with E-state index in [4.69, 9.17) is 5.26 Å². The molecular formula is C29H35N5O6S2. The Bertz CT molecular complexity index is 1420. The Kier molecular flexibility index (Phi) is 12.1. The highest BCUT2D eigenvalue weighted by atomic mass is 32.2. The minimum Gasteiger partial charge on any atom is -0.480 e. The Balaban J connectivity index is 1.61. The van der Waals surface area contributed by atoms with Crippen molar-refractivity contribution < 1.29 is 27.9 Å². The van der Waals surface area contributed by atoms with Crippen molar-refractivity contribution in [2.75, 3.05) is 12.3 Å². The molecule has 3 rings (SSSR count). The first kappa shape index (κ1) is 32.8. The van der Waals surface area contributed by atoms with Crippen molar-refractivity contribution in [2.45, 2.75) is 68.3 Å². The van der Waals surface area contributed by atoms with Crippen LogP contribution in [0.2, 0.25) is 0 Å². The molecule has 2 aromatic rings. The van der Waals surface area contributed by atoms with Gasteiger partial charge in [0.1, 0.15) is 23.7 Å².